The second-order valence-electron chi connectivity index (χ2n) is 4.39. The molecule has 0 radical (unpaired) electrons. The number of fused-ring (bicyclic) bond motifs is 1. The van der Waals surface area contributed by atoms with Crippen LogP contribution in [0.4, 0.5) is 0 Å². The minimum absolute atomic E-state index is 0.115. The van der Waals surface area contributed by atoms with Crippen LogP contribution in [-0.4, -0.2) is 5.91 Å². The Bertz CT molecular complexity index is 709. The van der Waals surface area contributed by atoms with Crippen molar-refractivity contribution in [2.24, 2.45) is 11.5 Å². The van der Waals surface area contributed by atoms with Gasteiger partial charge in [-0.1, -0.05) is 11.6 Å². The molecule has 0 saturated carbocycles. The molecule has 2 rings (SSSR count). The smallest absolute Gasteiger partial charge is 0.219 e. The molecule has 0 saturated heterocycles. The predicted octanol–water partition coefficient (Wildman–Crippen LogP) is 1.63. The third-order valence-electron chi connectivity index (χ3n) is 2.90. The van der Waals surface area contributed by atoms with E-state index in [1.165, 1.54) is 6.26 Å². The Morgan fingerprint density at radius 3 is 2.79 bits per heavy atom. The van der Waals surface area contributed by atoms with Gasteiger partial charge < -0.3 is 15.9 Å². The molecule has 1 atom stereocenters. The fourth-order valence-corrected chi connectivity index (χ4v) is 2.01. The molecule has 1 aromatic heterocycles. The Hall–Kier alpha value is -1.85. The number of hydrogen-bond acceptors (Lipinski definition) is 4. The summed E-state index contributed by atoms with van der Waals surface area (Å²) in [4.78, 5) is 23.1. The average Bonchev–Trinajstić information content (AvgIpc) is 2.31. The summed E-state index contributed by atoms with van der Waals surface area (Å²) in [5.74, 6) is -0.575. The molecule has 100 valence electrons. The summed E-state index contributed by atoms with van der Waals surface area (Å²) < 4.78 is 5.37. The second kappa shape index (κ2) is 5.03. The Kier molecular flexibility index (Phi) is 3.59. The van der Waals surface area contributed by atoms with Crippen LogP contribution in [0, 0.1) is 6.92 Å². The van der Waals surface area contributed by atoms with Crippen LogP contribution in [0.15, 0.2) is 27.6 Å². The molecule has 1 heterocycles. The molecular formula is C13H13ClN2O3. The number of amides is 1. The molecule has 19 heavy (non-hydrogen) atoms. The fraction of sp³-hybridized carbons (Fsp3) is 0.231. The first kappa shape index (κ1) is 13.6. The van der Waals surface area contributed by atoms with E-state index in [-0.39, 0.29) is 17.4 Å². The first-order valence-corrected chi connectivity index (χ1v) is 6.03. The first-order valence-electron chi connectivity index (χ1n) is 5.65. The summed E-state index contributed by atoms with van der Waals surface area (Å²) in [6.45, 7) is 1.81. The largest absolute Gasteiger partial charge is 0.464 e. The van der Waals surface area contributed by atoms with Crippen LogP contribution in [-0.2, 0) is 4.79 Å². The van der Waals surface area contributed by atoms with Gasteiger partial charge in [0.1, 0.15) is 5.58 Å². The molecule has 2 aromatic rings. The summed E-state index contributed by atoms with van der Waals surface area (Å²) in [7, 11) is 0. The van der Waals surface area contributed by atoms with E-state index in [4.69, 9.17) is 27.5 Å². The van der Waals surface area contributed by atoms with Crippen molar-refractivity contribution < 1.29 is 9.21 Å². The van der Waals surface area contributed by atoms with Crippen molar-refractivity contribution in [1.29, 1.82) is 0 Å². The molecule has 0 aliphatic carbocycles. The Morgan fingerprint density at radius 1 is 1.47 bits per heavy atom. The Morgan fingerprint density at radius 2 is 2.16 bits per heavy atom. The van der Waals surface area contributed by atoms with Gasteiger partial charge in [0.15, 0.2) is 5.43 Å². The summed E-state index contributed by atoms with van der Waals surface area (Å²) in [5.41, 5.74) is 12.0. The normalized spacial score (nSPS) is 12.6. The molecule has 0 bridgehead atoms. The van der Waals surface area contributed by atoms with Gasteiger partial charge in [-0.3, -0.25) is 9.59 Å². The van der Waals surface area contributed by atoms with Gasteiger partial charge in [-0.15, -0.1) is 0 Å². The zero-order valence-corrected chi connectivity index (χ0v) is 11.0. The molecular weight excluding hydrogens is 268 g/mol. The molecule has 1 amide bonds. The number of carbonyl (C=O) groups is 1. The minimum atomic E-state index is -0.779. The van der Waals surface area contributed by atoms with E-state index in [1.807, 2.05) is 6.92 Å². The van der Waals surface area contributed by atoms with Gasteiger partial charge in [0.25, 0.3) is 0 Å². The van der Waals surface area contributed by atoms with Crippen LogP contribution in [0.25, 0.3) is 11.0 Å². The summed E-state index contributed by atoms with van der Waals surface area (Å²) in [6.07, 6.45) is 1.15. The molecule has 6 heteroatoms. The summed E-state index contributed by atoms with van der Waals surface area (Å²) in [6, 6.07) is 2.44. The zero-order chi connectivity index (χ0) is 14.2. The molecule has 0 aliphatic heterocycles. The van der Waals surface area contributed by atoms with Crippen LogP contribution < -0.4 is 16.9 Å². The summed E-state index contributed by atoms with van der Waals surface area (Å²) >= 11 is 5.99. The molecule has 0 fully saturated rings. The van der Waals surface area contributed by atoms with E-state index >= 15 is 0 Å². The van der Waals surface area contributed by atoms with Crippen molar-refractivity contribution in [2.45, 2.75) is 19.4 Å². The van der Waals surface area contributed by atoms with Gasteiger partial charge in [0, 0.05) is 17.5 Å². The van der Waals surface area contributed by atoms with E-state index in [9.17, 15) is 9.59 Å². The number of hydrogen-bond donors (Lipinski definition) is 2. The van der Waals surface area contributed by atoms with E-state index < -0.39 is 11.9 Å². The Balaban J connectivity index is 2.60. The maximum absolute atomic E-state index is 12.3. The minimum Gasteiger partial charge on any atom is -0.464 e. The third kappa shape index (κ3) is 2.62. The van der Waals surface area contributed by atoms with Crippen molar-refractivity contribution in [3.05, 3.63) is 44.8 Å². The van der Waals surface area contributed by atoms with Gasteiger partial charge in [-0.25, -0.2) is 0 Å². The lowest BCUT2D eigenvalue weighted by Gasteiger charge is -2.09. The van der Waals surface area contributed by atoms with Crippen LogP contribution in [0.1, 0.15) is 23.6 Å². The van der Waals surface area contributed by atoms with Crippen LogP contribution >= 0.6 is 11.6 Å². The average molecular weight is 281 g/mol. The van der Waals surface area contributed by atoms with Gasteiger partial charge in [-0.2, -0.15) is 0 Å². The zero-order valence-electron chi connectivity index (χ0n) is 10.3. The van der Waals surface area contributed by atoms with E-state index in [0.717, 1.165) is 5.56 Å². The molecule has 1 aromatic carbocycles. The van der Waals surface area contributed by atoms with Crippen molar-refractivity contribution in [3.63, 3.8) is 0 Å². The monoisotopic (exact) mass is 280 g/mol. The number of aryl methyl sites for hydroxylation is 1. The van der Waals surface area contributed by atoms with Gasteiger partial charge in [0.05, 0.1) is 17.2 Å². The number of nitrogens with two attached hydrogens (primary N) is 2. The van der Waals surface area contributed by atoms with Crippen molar-refractivity contribution in [3.8, 4) is 0 Å². The Labute approximate surface area is 114 Å². The highest BCUT2D eigenvalue weighted by Crippen LogP contribution is 2.23. The highest BCUT2D eigenvalue weighted by Gasteiger charge is 2.16. The lowest BCUT2D eigenvalue weighted by Crippen LogP contribution is -2.25. The predicted molar refractivity (Wildman–Crippen MR) is 73.0 cm³/mol. The lowest BCUT2D eigenvalue weighted by molar-refractivity contribution is -0.118. The van der Waals surface area contributed by atoms with Crippen molar-refractivity contribution in [1.82, 2.24) is 0 Å². The van der Waals surface area contributed by atoms with Crippen molar-refractivity contribution in [2.75, 3.05) is 0 Å². The third-order valence-corrected chi connectivity index (χ3v) is 3.31. The number of benzene rings is 1. The number of rotatable bonds is 3. The SMILES string of the molecule is Cc1cc2occ(C(N)CC(N)=O)c(=O)c2cc1Cl. The number of carbonyl (C=O) groups excluding carboxylic acids is 1. The van der Waals surface area contributed by atoms with E-state index in [0.29, 0.717) is 16.0 Å². The highest BCUT2D eigenvalue weighted by molar-refractivity contribution is 6.32. The lowest BCUT2D eigenvalue weighted by atomic mass is 10.0. The van der Waals surface area contributed by atoms with Crippen molar-refractivity contribution >= 4 is 28.5 Å². The molecule has 0 aliphatic rings. The van der Waals surface area contributed by atoms with Gasteiger partial charge in [0.2, 0.25) is 5.91 Å². The van der Waals surface area contributed by atoms with Gasteiger partial charge >= 0.3 is 0 Å². The maximum Gasteiger partial charge on any atom is 0.219 e. The fourth-order valence-electron chi connectivity index (χ4n) is 1.85. The second-order valence-corrected chi connectivity index (χ2v) is 4.80. The highest BCUT2D eigenvalue weighted by atomic mass is 35.5. The number of primary amides is 1. The van der Waals surface area contributed by atoms with Gasteiger partial charge in [-0.05, 0) is 24.6 Å². The quantitative estimate of drug-likeness (QED) is 0.892. The van der Waals surface area contributed by atoms with Crippen LogP contribution in [0.2, 0.25) is 5.02 Å². The van der Waals surface area contributed by atoms with Crippen LogP contribution in [0.3, 0.4) is 0 Å². The number of halogens is 1. The maximum atomic E-state index is 12.3. The molecule has 1 unspecified atom stereocenters. The summed E-state index contributed by atoms with van der Waals surface area (Å²) in [5, 5.41) is 0.813. The van der Waals surface area contributed by atoms with E-state index in [1.54, 1.807) is 12.1 Å². The standard InChI is InChI=1S/C13H13ClN2O3/c1-6-2-11-7(3-9(6)14)13(18)8(5-19-11)10(15)4-12(16)17/h2-3,5,10H,4,15H2,1H3,(H2,16,17). The molecule has 4 N–H and O–H groups in total. The molecule has 0 spiro atoms. The van der Waals surface area contributed by atoms with E-state index in [2.05, 4.69) is 0 Å². The topological polar surface area (TPSA) is 99.3 Å². The van der Waals surface area contributed by atoms with Crippen LogP contribution in [0.5, 0.6) is 0 Å². The first-order chi connectivity index (χ1) is 8.90. The molecule has 5 nitrogen and oxygen atoms in total.